The van der Waals surface area contributed by atoms with Crippen molar-refractivity contribution in [3.05, 3.63) is 32.7 Å². The monoisotopic (exact) mass is 356 g/mol. The summed E-state index contributed by atoms with van der Waals surface area (Å²) >= 11 is 3.11. The molecule has 1 amide bonds. The minimum Gasteiger partial charge on any atom is -0.481 e. The third-order valence-electron chi connectivity index (χ3n) is 3.68. The van der Waals surface area contributed by atoms with Gasteiger partial charge in [-0.05, 0) is 47.7 Å². The molecule has 2 rings (SSSR count). The zero-order valence-corrected chi connectivity index (χ0v) is 13.1. The third-order valence-corrected chi connectivity index (χ3v) is 4.27. The van der Waals surface area contributed by atoms with Gasteiger partial charge in [0.2, 0.25) is 0 Å². The second-order valence-electron chi connectivity index (χ2n) is 5.15. The van der Waals surface area contributed by atoms with Crippen LogP contribution in [0, 0.1) is 0 Å². The number of H-pyrrole nitrogens is 1. The molecule has 2 N–H and O–H groups in total. The van der Waals surface area contributed by atoms with E-state index in [9.17, 15) is 14.4 Å². The van der Waals surface area contributed by atoms with Gasteiger partial charge in [0.15, 0.2) is 0 Å². The van der Waals surface area contributed by atoms with Crippen LogP contribution in [0.1, 0.15) is 42.5 Å². The quantitative estimate of drug-likeness (QED) is 0.862. The summed E-state index contributed by atoms with van der Waals surface area (Å²) in [6, 6.07) is 1.46. The number of carboxylic acids is 1. The van der Waals surface area contributed by atoms with Crippen molar-refractivity contribution in [1.29, 1.82) is 0 Å². The Bertz CT molecular complexity index is 599. The molecular formula is C14H17BrN2O4. The fourth-order valence-corrected chi connectivity index (χ4v) is 2.96. The van der Waals surface area contributed by atoms with Gasteiger partial charge in [0.1, 0.15) is 0 Å². The summed E-state index contributed by atoms with van der Waals surface area (Å²) < 4.78 is 0.312. The average Bonchev–Trinajstić information content (AvgIpc) is 2.47. The van der Waals surface area contributed by atoms with E-state index in [1.54, 1.807) is 4.90 Å². The van der Waals surface area contributed by atoms with Crippen LogP contribution in [0.3, 0.4) is 0 Å². The van der Waals surface area contributed by atoms with Crippen molar-refractivity contribution in [2.24, 2.45) is 0 Å². The van der Waals surface area contributed by atoms with Crippen LogP contribution < -0.4 is 5.56 Å². The van der Waals surface area contributed by atoms with Crippen LogP contribution in [0.2, 0.25) is 0 Å². The molecule has 0 aliphatic carbocycles. The number of nitrogens with one attached hydrogen (secondary N) is 1. The van der Waals surface area contributed by atoms with Crippen LogP contribution in [0.25, 0.3) is 0 Å². The van der Waals surface area contributed by atoms with Crippen LogP contribution in [-0.2, 0) is 4.79 Å². The molecular weight excluding hydrogens is 340 g/mol. The maximum atomic E-state index is 12.6. The number of carboxylic acid groups (broad SMARTS) is 1. The lowest BCUT2D eigenvalue weighted by Gasteiger charge is -2.35. The van der Waals surface area contributed by atoms with E-state index < -0.39 is 5.97 Å². The Hall–Kier alpha value is -1.63. The SMILES string of the molecule is O=C(O)CCC1CCCCN1C(=O)c1c[nH]c(=O)c(Br)c1. The highest BCUT2D eigenvalue weighted by atomic mass is 79.9. The number of likely N-dealkylation sites (tertiary alicyclic amines) is 1. The van der Waals surface area contributed by atoms with Crippen LogP contribution in [0.4, 0.5) is 0 Å². The molecule has 6 nitrogen and oxygen atoms in total. The predicted molar refractivity (Wildman–Crippen MR) is 80.3 cm³/mol. The minimum atomic E-state index is -0.847. The first-order chi connectivity index (χ1) is 9.99. The number of nitrogens with zero attached hydrogens (tertiary/aromatic N) is 1. The summed E-state index contributed by atoms with van der Waals surface area (Å²) in [5.74, 6) is -1.01. The predicted octanol–water partition coefficient (Wildman–Crippen LogP) is 2.00. The number of aromatic nitrogens is 1. The highest BCUT2D eigenvalue weighted by Crippen LogP contribution is 2.23. The average molecular weight is 357 g/mol. The Balaban J connectivity index is 2.15. The Labute approximate surface area is 130 Å². The van der Waals surface area contributed by atoms with Gasteiger partial charge in [-0.15, -0.1) is 0 Å². The summed E-state index contributed by atoms with van der Waals surface area (Å²) in [6.45, 7) is 0.625. The van der Waals surface area contributed by atoms with Crippen molar-refractivity contribution >= 4 is 27.8 Å². The first-order valence-electron chi connectivity index (χ1n) is 6.90. The summed E-state index contributed by atoms with van der Waals surface area (Å²) in [7, 11) is 0. The zero-order chi connectivity index (χ0) is 15.4. The highest BCUT2D eigenvalue weighted by Gasteiger charge is 2.28. The lowest BCUT2D eigenvalue weighted by molar-refractivity contribution is -0.137. The Kier molecular flexibility index (Phi) is 5.17. The minimum absolute atomic E-state index is 0.0481. The number of aliphatic carboxylic acids is 1. The number of piperidine rings is 1. The van der Waals surface area contributed by atoms with Crippen LogP contribution in [-0.4, -0.2) is 39.5 Å². The summed E-state index contributed by atoms with van der Waals surface area (Å²) in [5.41, 5.74) is 0.122. The molecule has 7 heteroatoms. The van der Waals surface area contributed by atoms with Gasteiger partial charge in [-0.1, -0.05) is 0 Å². The van der Waals surface area contributed by atoms with E-state index in [1.165, 1.54) is 12.3 Å². The molecule has 1 aromatic rings. The molecule has 0 radical (unpaired) electrons. The molecule has 1 aromatic heterocycles. The maximum absolute atomic E-state index is 12.6. The number of hydrogen-bond acceptors (Lipinski definition) is 3. The second kappa shape index (κ2) is 6.89. The highest BCUT2D eigenvalue weighted by molar-refractivity contribution is 9.10. The molecule has 1 aliphatic rings. The molecule has 1 fully saturated rings. The van der Waals surface area contributed by atoms with Crippen molar-refractivity contribution in [2.75, 3.05) is 6.54 Å². The molecule has 0 aromatic carbocycles. The molecule has 114 valence electrons. The zero-order valence-electron chi connectivity index (χ0n) is 11.5. The van der Waals surface area contributed by atoms with E-state index in [-0.39, 0.29) is 23.9 Å². The largest absolute Gasteiger partial charge is 0.481 e. The van der Waals surface area contributed by atoms with Gasteiger partial charge in [0.25, 0.3) is 11.5 Å². The Morgan fingerprint density at radius 3 is 2.86 bits per heavy atom. The number of hydrogen-bond donors (Lipinski definition) is 2. The summed E-state index contributed by atoms with van der Waals surface area (Å²) in [4.78, 5) is 38.8. The van der Waals surface area contributed by atoms with E-state index in [2.05, 4.69) is 20.9 Å². The molecule has 21 heavy (non-hydrogen) atoms. The van der Waals surface area contributed by atoms with Crippen LogP contribution in [0.5, 0.6) is 0 Å². The van der Waals surface area contributed by atoms with E-state index in [0.29, 0.717) is 23.0 Å². The summed E-state index contributed by atoms with van der Waals surface area (Å²) in [6.07, 6.45) is 4.67. The number of aromatic amines is 1. The fraction of sp³-hybridized carbons (Fsp3) is 0.500. The molecule has 0 bridgehead atoms. The summed E-state index contributed by atoms with van der Waals surface area (Å²) in [5, 5.41) is 8.80. The van der Waals surface area contributed by atoms with Crippen molar-refractivity contribution in [3.8, 4) is 0 Å². The first-order valence-corrected chi connectivity index (χ1v) is 7.69. The molecule has 0 spiro atoms. The Morgan fingerprint density at radius 2 is 2.19 bits per heavy atom. The van der Waals surface area contributed by atoms with Gasteiger partial charge in [-0.2, -0.15) is 0 Å². The Morgan fingerprint density at radius 1 is 1.43 bits per heavy atom. The van der Waals surface area contributed by atoms with Crippen molar-refractivity contribution < 1.29 is 14.7 Å². The van der Waals surface area contributed by atoms with E-state index in [4.69, 9.17) is 5.11 Å². The smallest absolute Gasteiger partial charge is 0.303 e. The van der Waals surface area contributed by atoms with Gasteiger partial charge >= 0.3 is 5.97 Å². The van der Waals surface area contributed by atoms with E-state index in [1.807, 2.05) is 0 Å². The van der Waals surface area contributed by atoms with Crippen LogP contribution in [0.15, 0.2) is 21.5 Å². The topological polar surface area (TPSA) is 90.5 Å². The number of amides is 1. The van der Waals surface area contributed by atoms with Gasteiger partial charge in [-0.3, -0.25) is 14.4 Å². The van der Waals surface area contributed by atoms with Crippen LogP contribution >= 0.6 is 15.9 Å². The number of halogens is 1. The molecule has 0 saturated carbocycles. The molecule has 1 atom stereocenters. The number of carbonyl (C=O) groups excluding carboxylic acids is 1. The number of rotatable bonds is 4. The van der Waals surface area contributed by atoms with E-state index >= 15 is 0 Å². The van der Waals surface area contributed by atoms with Crippen molar-refractivity contribution in [2.45, 2.75) is 38.1 Å². The van der Waals surface area contributed by atoms with Gasteiger partial charge in [0, 0.05) is 25.2 Å². The van der Waals surface area contributed by atoms with Gasteiger partial charge < -0.3 is 15.0 Å². The first kappa shape index (κ1) is 15.8. The lowest BCUT2D eigenvalue weighted by Crippen LogP contribution is -2.44. The fourth-order valence-electron chi connectivity index (χ4n) is 2.60. The van der Waals surface area contributed by atoms with Gasteiger partial charge in [-0.25, -0.2) is 0 Å². The van der Waals surface area contributed by atoms with Crippen molar-refractivity contribution in [1.82, 2.24) is 9.88 Å². The molecule has 1 unspecified atom stereocenters. The lowest BCUT2D eigenvalue weighted by atomic mass is 9.97. The second-order valence-corrected chi connectivity index (χ2v) is 6.00. The standard InChI is InChI=1S/C14H17BrN2O4/c15-11-7-9(8-16-13(11)20)14(21)17-6-2-1-3-10(17)4-5-12(18)19/h7-8,10H,1-6H2,(H,16,20)(H,18,19). The molecule has 2 heterocycles. The molecule has 1 aliphatic heterocycles. The number of pyridine rings is 1. The van der Waals surface area contributed by atoms with E-state index in [0.717, 1.165) is 19.3 Å². The third kappa shape index (κ3) is 3.93. The maximum Gasteiger partial charge on any atom is 0.303 e. The number of carbonyl (C=O) groups is 2. The van der Waals surface area contributed by atoms with Gasteiger partial charge in [0.05, 0.1) is 10.0 Å². The normalized spacial score (nSPS) is 18.5. The molecule has 1 saturated heterocycles. The van der Waals surface area contributed by atoms with Crippen molar-refractivity contribution in [3.63, 3.8) is 0 Å².